The maximum absolute atomic E-state index is 13.2. The molecule has 7 rings (SSSR count). The number of nitrogens with zero attached hydrogens (tertiary/aromatic N) is 3. The smallest absolute Gasteiger partial charge is 0.274 e. The molecule has 1 saturated heterocycles. The van der Waals surface area contributed by atoms with Crippen molar-refractivity contribution in [2.75, 3.05) is 32.8 Å². The Morgan fingerprint density at radius 1 is 1.15 bits per heavy atom. The summed E-state index contributed by atoms with van der Waals surface area (Å²) in [5.74, 6) is 2.33. The Morgan fingerprint density at radius 2 is 1.88 bits per heavy atom. The molecule has 1 aliphatic heterocycles. The summed E-state index contributed by atoms with van der Waals surface area (Å²) in [4.78, 5) is 32.5. The normalized spacial score (nSPS) is 32.9. The first-order chi connectivity index (χ1) is 16.0. The van der Waals surface area contributed by atoms with Gasteiger partial charge in [-0.3, -0.25) is 14.0 Å². The summed E-state index contributed by atoms with van der Waals surface area (Å²) < 4.78 is 7.31. The molecule has 8 heteroatoms. The van der Waals surface area contributed by atoms with Gasteiger partial charge in [0.1, 0.15) is 17.0 Å². The molecule has 3 heterocycles. The Kier molecular flexibility index (Phi) is 5.18. The van der Waals surface area contributed by atoms with Gasteiger partial charge in [0, 0.05) is 32.4 Å². The van der Waals surface area contributed by atoms with Gasteiger partial charge < -0.3 is 20.7 Å². The van der Waals surface area contributed by atoms with Crippen LogP contribution in [0, 0.1) is 23.2 Å². The Morgan fingerprint density at radius 3 is 2.58 bits per heavy atom. The lowest BCUT2D eigenvalue weighted by Gasteiger charge is -2.56. The highest BCUT2D eigenvalue weighted by molar-refractivity contribution is 5.95. The molecule has 0 spiro atoms. The molecule has 8 nitrogen and oxygen atoms in total. The van der Waals surface area contributed by atoms with Crippen molar-refractivity contribution in [2.24, 2.45) is 28.9 Å². The fourth-order valence-corrected chi connectivity index (χ4v) is 7.37. The average molecular weight is 452 g/mol. The minimum absolute atomic E-state index is 0.0951. The first-order valence-corrected chi connectivity index (χ1v) is 12.4. The van der Waals surface area contributed by atoms with Crippen molar-refractivity contribution >= 4 is 17.5 Å². The van der Waals surface area contributed by atoms with Crippen LogP contribution in [0.5, 0.6) is 0 Å². The minimum Gasteiger partial charge on any atom is -0.373 e. The van der Waals surface area contributed by atoms with Crippen LogP contribution in [0.3, 0.4) is 0 Å². The highest BCUT2D eigenvalue weighted by Crippen LogP contribution is 2.59. The number of morpholine rings is 1. The van der Waals surface area contributed by atoms with Crippen LogP contribution in [0.25, 0.3) is 5.65 Å². The third kappa shape index (κ3) is 3.83. The largest absolute Gasteiger partial charge is 0.373 e. The molecule has 4 bridgehead atoms. The number of amides is 2. The first kappa shape index (κ1) is 21.1. The van der Waals surface area contributed by atoms with E-state index in [0.29, 0.717) is 43.3 Å². The van der Waals surface area contributed by atoms with E-state index in [1.807, 2.05) is 12.1 Å². The number of nitrogens with two attached hydrogens (primary N) is 1. The third-order valence-electron chi connectivity index (χ3n) is 8.42. The van der Waals surface area contributed by atoms with Gasteiger partial charge in [-0.1, -0.05) is 6.07 Å². The topological polar surface area (TPSA) is 102 Å². The summed E-state index contributed by atoms with van der Waals surface area (Å²) in [6.45, 7) is 2.58. The number of fused-ring (bicyclic) bond motifs is 1. The number of pyridine rings is 1. The highest BCUT2D eigenvalue weighted by Gasteiger charge is 2.50. The van der Waals surface area contributed by atoms with Gasteiger partial charge in [-0.2, -0.15) is 0 Å². The number of rotatable bonds is 5. The van der Waals surface area contributed by atoms with Crippen LogP contribution >= 0.6 is 0 Å². The zero-order valence-corrected chi connectivity index (χ0v) is 19.0. The number of hydrogen-bond donors (Lipinski definition) is 2. The van der Waals surface area contributed by atoms with Gasteiger partial charge in [-0.15, -0.1) is 0 Å². The van der Waals surface area contributed by atoms with Gasteiger partial charge in [-0.05, 0) is 73.8 Å². The summed E-state index contributed by atoms with van der Waals surface area (Å²) in [6.07, 6.45) is 9.51. The summed E-state index contributed by atoms with van der Waals surface area (Å²) in [5, 5.41) is 3.25. The van der Waals surface area contributed by atoms with Crippen molar-refractivity contribution in [1.29, 1.82) is 0 Å². The van der Waals surface area contributed by atoms with Crippen LogP contribution in [0.15, 0.2) is 24.4 Å². The standard InChI is InChI=1S/C25H33N5O3/c26-12-19-13-29(4-5-33-19)24(32)20-14-30-21(2-1-3-22(30)28-20)23(31)27-15-25-9-16-6-17(10-25)8-18(7-16)11-25/h1-3,14,16-19H,4-13,15,26H2,(H,27,31). The zero-order chi connectivity index (χ0) is 22.6. The SMILES string of the molecule is NCC1CN(C(=O)c2cn3c(C(=O)NCC45CC6CC(CC(C6)C4)C5)cccc3n2)CCO1. The van der Waals surface area contributed by atoms with E-state index >= 15 is 0 Å². The van der Waals surface area contributed by atoms with Crippen LogP contribution in [0.1, 0.15) is 59.5 Å². The Hall–Kier alpha value is -2.45. The zero-order valence-electron chi connectivity index (χ0n) is 19.0. The lowest BCUT2D eigenvalue weighted by atomic mass is 9.49. The van der Waals surface area contributed by atoms with Crippen molar-refractivity contribution < 1.29 is 14.3 Å². The summed E-state index contributed by atoms with van der Waals surface area (Å²) in [5.41, 5.74) is 7.46. The molecule has 0 radical (unpaired) electrons. The molecule has 4 saturated carbocycles. The predicted octanol–water partition coefficient (Wildman–Crippen LogP) is 2.08. The number of hydrogen-bond acceptors (Lipinski definition) is 5. The van der Waals surface area contributed by atoms with Crippen molar-refractivity contribution in [3.63, 3.8) is 0 Å². The van der Waals surface area contributed by atoms with E-state index in [1.54, 1.807) is 21.6 Å². The molecule has 5 fully saturated rings. The van der Waals surface area contributed by atoms with Crippen LogP contribution in [0.4, 0.5) is 0 Å². The third-order valence-corrected chi connectivity index (χ3v) is 8.42. The Balaban J connectivity index is 1.19. The molecule has 2 amide bonds. The van der Waals surface area contributed by atoms with Crippen molar-refractivity contribution in [3.05, 3.63) is 35.8 Å². The van der Waals surface area contributed by atoms with Gasteiger partial charge >= 0.3 is 0 Å². The lowest BCUT2D eigenvalue weighted by molar-refractivity contribution is -0.0503. The quantitative estimate of drug-likeness (QED) is 0.725. The summed E-state index contributed by atoms with van der Waals surface area (Å²) >= 11 is 0. The molecule has 33 heavy (non-hydrogen) atoms. The molecule has 4 aliphatic carbocycles. The maximum atomic E-state index is 13.2. The molecule has 3 N–H and O–H groups in total. The lowest BCUT2D eigenvalue weighted by Crippen LogP contribution is -2.51. The number of nitrogens with one attached hydrogen (secondary N) is 1. The fourth-order valence-electron chi connectivity index (χ4n) is 7.37. The minimum atomic E-state index is -0.152. The molecule has 2 aromatic rings. The molecule has 5 aliphatic rings. The van der Waals surface area contributed by atoms with E-state index in [0.717, 1.165) is 24.3 Å². The van der Waals surface area contributed by atoms with E-state index in [2.05, 4.69) is 10.3 Å². The van der Waals surface area contributed by atoms with E-state index in [9.17, 15) is 9.59 Å². The van der Waals surface area contributed by atoms with Gasteiger partial charge in [0.2, 0.25) is 0 Å². The van der Waals surface area contributed by atoms with E-state index in [1.165, 1.54) is 38.5 Å². The average Bonchev–Trinajstić information content (AvgIpc) is 3.26. The Labute approximate surface area is 193 Å². The van der Waals surface area contributed by atoms with Crippen LogP contribution < -0.4 is 11.1 Å². The molecule has 0 aromatic carbocycles. The second-order valence-electron chi connectivity index (χ2n) is 10.8. The van der Waals surface area contributed by atoms with Gasteiger partial charge in [-0.25, -0.2) is 4.98 Å². The Bertz CT molecular complexity index is 1040. The van der Waals surface area contributed by atoms with Gasteiger partial charge in [0.05, 0.1) is 12.7 Å². The second-order valence-corrected chi connectivity index (χ2v) is 10.8. The molecule has 1 unspecified atom stereocenters. The van der Waals surface area contributed by atoms with Gasteiger partial charge in [0.25, 0.3) is 11.8 Å². The molecular formula is C25H33N5O3. The van der Waals surface area contributed by atoms with Crippen LogP contribution in [-0.4, -0.2) is 65.0 Å². The van der Waals surface area contributed by atoms with Crippen molar-refractivity contribution in [2.45, 2.75) is 44.6 Å². The van der Waals surface area contributed by atoms with Crippen LogP contribution in [-0.2, 0) is 4.74 Å². The number of carbonyl (C=O) groups is 2. The number of carbonyl (C=O) groups excluding carboxylic acids is 2. The second kappa shape index (κ2) is 8.09. The van der Waals surface area contributed by atoms with Crippen molar-refractivity contribution in [3.8, 4) is 0 Å². The van der Waals surface area contributed by atoms with E-state index < -0.39 is 0 Å². The monoisotopic (exact) mass is 451 g/mol. The first-order valence-electron chi connectivity index (χ1n) is 12.4. The summed E-state index contributed by atoms with van der Waals surface area (Å²) in [7, 11) is 0. The molecular weight excluding hydrogens is 418 g/mol. The number of ether oxygens (including phenoxy) is 1. The highest BCUT2D eigenvalue weighted by atomic mass is 16.5. The van der Waals surface area contributed by atoms with Crippen molar-refractivity contribution in [1.82, 2.24) is 19.6 Å². The number of imidazole rings is 1. The molecule has 1 atom stereocenters. The maximum Gasteiger partial charge on any atom is 0.274 e. The van der Waals surface area contributed by atoms with Gasteiger partial charge in [0.15, 0.2) is 0 Å². The van der Waals surface area contributed by atoms with Crippen LogP contribution in [0.2, 0.25) is 0 Å². The van der Waals surface area contributed by atoms with E-state index in [-0.39, 0.29) is 23.3 Å². The fraction of sp³-hybridized carbons (Fsp3) is 0.640. The summed E-state index contributed by atoms with van der Waals surface area (Å²) in [6, 6.07) is 5.46. The van der Waals surface area contributed by atoms with E-state index in [4.69, 9.17) is 10.5 Å². The molecule has 2 aromatic heterocycles. The molecule has 176 valence electrons. The number of aromatic nitrogens is 2. The predicted molar refractivity (Wildman–Crippen MR) is 123 cm³/mol.